The number of nitrogens with zero attached hydrogens (tertiary/aromatic N) is 2. The molecule has 0 radical (unpaired) electrons. The van der Waals surface area contributed by atoms with Crippen LogP contribution in [0.2, 0.25) is 0 Å². The number of halogens is 3. The Morgan fingerprint density at radius 1 is 1.24 bits per heavy atom. The first-order valence-corrected chi connectivity index (χ1v) is 5.62. The Hall–Kier alpha value is -1.22. The fourth-order valence-electron chi connectivity index (χ4n) is 1.05. The molecule has 0 bridgehead atoms. The lowest BCUT2D eigenvalue weighted by atomic mass is 10.2. The third-order valence-electron chi connectivity index (χ3n) is 1.67. The summed E-state index contributed by atoms with van der Waals surface area (Å²) >= 11 is 1.15. The molecule has 92 valence electrons. The summed E-state index contributed by atoms with van der Waals surface area (Å²) in [4.78, 5) is 3.52. The number of alkyl halides is 3. The lowest BCUT2D eigenvalue weighted by Crippen LogP contribution is -2.12. The molecule has 1 heterocycles. The molecular weight excluding hydrogens is 249 g/mol. The van der Waals surface area contributed by atoms with Crippen molar-refractivity contribution in [2.24, 2.45) is 0 Å². The SMILES string of the molecule is CC(C)(C)Sc1nc(C(F)(F)F)ccc1C#N. The quantitative estimate of drug-likeness (QED) is 0.719. The number of pyridine rings is 1. The van der Waals surface area contributed by atoms with Gasteiger partial charge in [0.25, 0.3) is 0 Å². The van der Waals surface area contributed by atoms with Gasteiger partial charge in [-0.15, -0.1) is 0 Å². The fraction of sp³-hybridized carbons (Fsp3) is 0.455. The van der Waals surface area contributed by atoms with Crippen LogP contribution in [0.4, 0.5) is 13.2 Å². The van der Waals surface area contributed by atoms with Gasteiger partial charge in [0.15, 0.2) is 0 Å². The Morgan fingerprint density at radius 3 is 2.24 bits per heavy atom. The maximum atomic E-state index is 12.5. The van der Waals surface area contributed by atoms with Gasteiger partial charge in [0.2, 0.25) is 0 Å². The van der Waals surface area contributed by atoms with Crippen LogP contribution < -0.4 is 0 Å². The summed E-state index contributed by atoms with van der Waals surface area (Å²) in [5.41, 5.74) is -0.804. The summed E-state index contributed by atoms with van der Waals surface area (Å²) in [6.07, 6.45) is -4.48. The van der Waals surface area contributed by atoms with Crippen LogP contribution in [0.1, 0.15) is 32.0 Å². The average Bonchev–Trinajstić information content (AvgIpc) is 2.13. The molecule has 0 fully saturated rings. The molecule has 1 aromatic rings. The van der Waals surface area contributed by atoms with Gasteiger partial charge in [0, 0.05) is 4.75 Å². The highest BCUT2D eigenvalue weighted by Crippen LogP contribution is 2.35. The highest BCUT2D eigenvalue weighted by molar-refractivity contribution is 8.00. The first kappa shape index (κ1) is 13.8. The van der Waals surface area contributed by atoms with Gasteiger partial charge in [-0.1, -0.05) is 32.5 Å². The highest BCUT2D eigenvalue weighted by atomic mass is 32.2. The summed E-state index contributed by atoms with van der Waals surface area (Å²) < 4.78 is 37.1. The van der Waals surface area contributed by atoms with Crippen molar-refractivity contribution >= 4 is 11.8 Å². The van der Waals surface area contributed by atoms with E-state index in [2.05, 4.69) is 4.98 Å². The zero-order valence-electron chi connectivity index (χ0n) is 9.59. The first-order valence-electron chi connectivity index (χ1n) is 4.81. The van der Waals surface area contributed by atoms with Gasteiger partial charge < -0.3 is 0 Å². The van der Waals surface area contributed by atoms with E-state index in [1.165, 1.54) is 0 Å². The predicted octanol–water partition coefficient (Wildman–Crippen LogP) is 3.86. The van der Waals surface area contributed by atoms with E-state index in [-0.39, 0.29) is 15.3 Å². The van der Waals surface area contributed by atoms with Gasteiger partial charge in [-0.2, -0.15) is 18.4 Å². The molecule has 2 nitrogen and oxygen atoms in total. The average molecular weight is 260 g/mol. The van der Waals surface area contributed by atoms with E-state index in [9.17, 15) is 13.2 Å². The molecule has 0 N–H and O–H groups in total. The van der Waals surface area contributed by atoms with Crippen molar-refractivity contribution in [1.29, 1.82) is 5.26 Å². The van der Waals surface area contributed by atoms with E-state index in [1.807, 2.05) is 26.8 Å². The van der Waals surface area contributed by atoms with Crippen molar-refractivity contribution in [3.63, 3.8) is 0 Å². The minimum absolute atomic E-state index is 0.120. The highest BCUT2D eigenvalue weighted by Gasteiger charge is 2.33. The molecule has 17 heavy (non-hydrogen) atoms. The molecule has 1 aromatic heterocycles. The number of thioether (sulfide) groups is 1. The Morgan fingerprint density at radius 2 is 1.82 bits per heavy atom. The standard InChI is InChI=1S/C11H11F3N2S/c1-10(2,3)17-9-7(6-15)4-5-8(16-9)11(12,13)14/h4-5H,1-3H3. The van der Waals surface area contributed by atoms with Crippen molar-refractivity contribution in [3.05, 3.63) is 23.4 Å². The molecule has 0 atom stereocenters. The van der Waals surface area contributed by atoms with E-state index < -0.39 is 11.9 Å². The first-order chi connectivity index (χ1) is 7.63. The number of hydrogen-bond donors (Lipinski definition) is 0. The molecule has 6 heteroatoms. The van der Waals surface area contributed by atoms with Crippen molar-refractivity contribution in [3.8, 4) is 6.07 Å². The van der Waals surface area contributed by atoms with Gasteiger partial charge in [-0.3, -0.25) is 0 Å². The lowest BCUT2D eigenvalue weighted by molar-refractivity contribution is -0.141. The van der Waals surface area contributed by atoms with E-state index in [0.717, 1.165) is 23.9 Å². The third-order valence-corrected chi connectivity index (χ3v) is 2.79. The van der Waals surface area contributed by atoms with Crippen molar-refractivity contribution in [2.45, 2.75) is 36.7 Å². The molecule has 0 aliphatic carbocycles. The maximum Gasteiger partial charge on any atom is 0.433 e. The van der Waals surface area contributed by atoms with Gasteiger partial charge >= 0.3 is 6.18 Å². The third kappa shape index (κ3) is 3.93. The topological polar surface area (TPSA) is 36.7 Å². The number of nitriles is 1. The van der Waals surface area contributed by atoms with Crippen LogP contribution in [-0.2, 0) is 6.18 Å². The van der Waals surface area contributed by atoms with Crippen LogP contribution in [-0.4, -0.2) is 9.73 Å². The number of aromatic nitrogens is 1. The Labute approximate surface area is 102 Å². The fourth-order valence-corrected chi connectivity index (χ4v) is 2.00. The van der Waals surface area contributed by atoms with E-state index in [4.69, 9.17) is 5.26 Å². The largest absolute Gasteiger partial charge is 0.433 e. The molecule has 0 aliphatic rings. The van der Waals surface area contributed by atoms with Crippen LogP contribution in [0.25, 0.3) is 0 Å². The number of hydrogen-bond acceptors (Lipinski definition) is 3. The van der Waals surface area contributed by atoms with Gasteiger partial charge in [0.05, 0.1) is 5.56 Å². The van der Waals surface area contributed by atoms with E-state index in [1.54, 1.807) is 0 Å². The second-order valence-corrected chi connectivity index (χ2v) is 6.19. The smallest absolute Gasteiger partial charge is 0.236 e. The zero-order valence-corrected chi connectivity index (χ0v) is 10.4. The minimum Gasteiger partial charge on any atom is -0.236 e. The normalized spacial score (nSPS) is 12.3. The summed E-state index contributed by atoms with van der Waals surface area (Å²) in [6, 6.07) is 3.83. The summed E-state index contributed by atoms with van der Waals surface area (Å²) in [5.74, 6) is 0. The molecule has 0 saturated heterocycles. The monoisotopic (exact) mass is 260 g/mol. The summed E-state index contributed by atoms with van der Waals surface area (Å²) in [5, 5.41) is 8.94. The van der Waals surface area contributed by atoms with Crippen LogP contribution in [0, 0.1) is 11.3 Å². The molecular formula is C11H11F3N2S. The zero-order chi connectivity index (χ0) is 13.3. The summed E-state index contributed by atoms with van der Waals surface area (Å²) in [7, 11) is 0. The van der Waals surface area contributed by atoms with E-state index >= 15 is 0 Å². The van der Waals surface area contributed by atoms with Gasteiger partial charge in [-0.05, 0) is 12.1 Å². The van der Waals surface area contributed by atoms with Crippen molar-refractivity contribution < 1.29 is 13.2 Å². The molecule has 0 aromatic carbocycles. The number of rotatable bonds is 1. The lowest BCUT2D eigenvalue weighted by Gasteiger charge is -2.18. The van der Waals surface area contributed by atoms with Crippen molar-refractivity contribution in [2.75, 3.05) is 0 Å². The van der Waals surface area contributed by atoms with Gasteiger partial charge in [0.1, 0.15) is 16.8 Å². The molecule has 0 amide bonds. The Bertz CT molecular complexity index is 455. The van der Waals surface area contributed by atoms with Crippen molar-refractivity contribution in [1.82, 2.24) is 4.98 Å². The van der Waals surface area contributed by atoms with Crippen LogP contribution >= 0.6 is 11.8 Å². The van der Waals surface area contributed by atoms with E-state index in [0.29, 0.717) is 0 Å². The van der Waals surface area contributed by atoms with Gasteiger partial charge in [-0.25, -0.2) is 4.98 Å². The Balaban J connectivity index is 3.22. The predicted molar refractivity (Wildman–Crippen MR) is 59.6 cm³/mol. The van der Waals surface area contributed by atoms with Crippen LogP contribution in [0.3, 0.4) is 0 Å². The second kappa shape index (κ2) is 4.57. The van der Waals surface area contributed by atoms with Crippen LogP contribution in [0.5, 0.6) is 0 Å². The maximum absolute atomic E-state index is 12.5. The molecule has 1 rings (SSSR count). The molecule has 0 spiro atoms. The molecule has 0 unspecified atom stereocenters. The Kier molecular flexibility index (Phi) is 3.72. The van der Waals surface area contributed by atoms with Crippen LogP contribution in [0.15, 0.2) is 17.2 Å². The molecule has 0 aliphatic heterocycles. The second-order valence-electron chi connectivity index (χ2n) is 4.37. The molecule has 0 saturated carbocycles. The minimum atomic E-state index is -4.48. The summed E-state index contributed by atoms with van der Waals surface area (Å²) in [6.45, 7) is 5.54.